The van der Waals surface area contributed by atoms with Gasteiger partial charge in [0.05, 0.1) is 24.0 Å². The smallest absolute Gasteiger partial charge is 0.243 e. The van der Waals surface area contributed by atoms with Crippen LogP contribution in [0.2, 0.25) is 0 Å². The molecule has 4 rings (SSSR count). The van der Waals surface area contributed by atoms with Crippen molar-refractivity contribution in [2.24, 2.45) is 5.92 Å². The third-order valence-corrected chi connectivity index (χ3v) is 8.42. The molecule has 0 bridgehead atoms. The largest absolute Gasteiger partial charge is 0.378 e. The van der Waals surface area contributed by atoms with Gasteiger partial charge in [0.2, 0.25) is 21.8 Å². The molecule has 0 N–H and O–H groups in total. The normalized spacial score (nSPS) is 25.9. The lowest BCUT2D eigenvalue weighted by atomic mass is 9.94. The van der Waals surface area contributed by atoms with E-state index in [-0.39, 0.29) is 22.6 Å². The highest BCUT2D eigenvalue weighted by molar-refractivity contribution is 7.89. The fourth-order valence-electron chi connectivity index (χ4n) is 4.80. The van der Waals surface area contributed by atoms with Crippen molar-refractivity contribution in [2.75, 3.05) is 45.9 Å². The monoisotopic (exact) mass is 449 g/mol. The van der Waals surface area contributed by atoms with Crippen molar-refractivity contribution >= 4 is 21.8 Å². The number of carbonyl (C=O) groups excluding carboxylic acids is 2. The lowest BCUT2D eigenvalue weighted by Crippen LogP contribution is -2.56. The van der Waals surface area contributed by atoms with Crippen LogP contribution >= 0.6 is 0 Å². The van der Waals surface area contributed by atoms with Gasteiger partial charge in [-0.25, -0.2) is 8.42 Å². The van der Waals surface area contributed by atoms with Gasteiger partial charge in [0.25, 0.3) is 0 Å². The number of sulfonamides is 1. The van der Waals surface area contributed by atoms with Crippen molar-refractivity contribution in [1.29, 1.82) is 0 Å². The zero-order valence-corrected chi connectivity index (χ0v) is 18.6. The van der Waals surface area contributed by atoms with E-state index in [1.54, 1.807) is 35.2 Å². The Morgan fingerprint density at radius 2 is 1.58 bits per heavy atom. The average Bonchev–Trinajstić information content (AvgIpc) is 2.84. The topological polar surface area (TPSA) is 87.2 Å². The average molecular weight is 450 g/mol. The molecule has 3 aliphatic rings. The highest BCUT2D eigenvalue weighted by atomic mass is 32.2. The van der Waals surface area contributed by atoms with Crippen LogP contribution < -0.4 is 0 Å². The summed E-state index contributed by atoms with van der Waals surface area (Å²) in [5, 5.41) is 0. The van der Waals surface area contributed by atoms with E-state index in [0.717, 1.165) is 25.7 Å². The van der Waals surface area contributed by atoms with Crippen LogP contribution in [-0.2, 0) is 24.3 Å². The van der Waals surface area contributed by atoms with Gasteiger partial charge in [-0.05, 0) is 37.8 Å². The Bertz CT molecular complexity index is 886. The van der Waals surface area contributed by atoms with Crippen LogP contribution in [0.4, 0.5) is 0 Å². The highest BCUT2D eigenvalue weighted by Crippen LogP contribution is 2.28. The van der Waals surface area contributed by atoms with Crippen LogP contribution in [0.3, 0.4) is 0 Å². The maximum Gasteiger partial charge on any atom is 0.243 e. The summed E-state index contributed by atoms with van der Waals surface area (Å²) in [5.74, 6) is -0.310. The summed E-state index contributed by atoms with van der Waals surface area (Å²) in [4.78, 5) is 30.2. The number of hydrogen-bond acceptors (Lipinski definition) is 5. The minimum absolute atomic E-state index is 0.0817. The Hall–Kier alpha value is -1.97. The van der Waals surface area contributed by atoms with E-state index in [4.69, 9.17) is 4.74 Å². The van der Waals surface area contributed by atoms with E-state index < -0.39 is 16.1 Å². The summed E-state index contributed by atoms with van der Waals surface area (Å²) in [5.41, 5.74) is 0. The minimum Gasteiger partial charge on any atom is -0.378 e. The van der Waals surface area contributed by atoms with Crippen LogP contribution in [-0.4, -0.2) is 86.3 Å². The molecule has 170 valence electrons. The van der Waals surface area contributed by atoms with E-state index in [1.807, 2.05) is 4.90 Å². The maximum absolute atomic E-state index is 13.5. The number of morpholine rings is 1. The van der Waals surface area contributed by atoms with Gasteiger partial charge >= 0.3 is 0 Å². The standard InChI is InChI=1S/C22H31N3O5S/c26-21(23-13-15-30-16-14-23)18-7-6-11-24(17-18)22(27)20-10-4-5-12-25(20)31(28,29)19-8-2-1-3-9-19/h1-3,8-9,18,20H,4-7,10-17H2. The predicted octanol–water partition coefficient (Wildman–Crippen LogP) is 1.33. The summed E-state index contributed by atoms with van der Waals surface area (Å²) in [6.45, 7) is 3.57. The molecular formula is C22H31N3O5S. The first-order valence-electron chi connectivity index (χ1n) is 11.2. The first kappa shape index (κ1) is 22.2. The quantitative estimate of drug-likeness (QED) is 0.692. The predicted molar refractivity (Wildman–Crippen MR) is 115 cm³/mol. The molecule has 3 aliphatic heterocycles. The van der Waals surface area contributed by atoms with Crippen LogP contribution in [0.1, 0.15) is 32.1 Å². The van der Waals surface area contributed by atoms with Gasteiger partial charge in [-0.15, -0.1) is 0 Å². The molecular weight excluding hydrogens is 418 g/mol. The van der Waals surface area contributed by atoms with Gasteiger partial charge in [-0.2, -0.15) is 4.31 Å². The molecule has 8 nitrogen and oxygen atoms in total. The summed E-state index contributed by atoms with van der Waals surface area (Å²) >= 11 is 0. The molecule has 2 atom stereocenters. The maximum atomic E-state index is 13.5. The number of carbonyl (C=O) groups is 2. The van der Waals surface area contributed by atoms with Crippen LogP contribution in [0.25, 0.3) is 0 Å². The van der Waals surface area contributed by atoms with Gasteiger partial charge in [0.1, 0.15) is 6.04 Å². The Morgan fingerprint density at radius 1 is 0.839 bits per heavy atom. The van der Waals surface area contributed by atoms with E-state index in [0.29, 0.717) is 52.4 Å². The molecule has 0 aliphatic carbocycles. The van der Waals surface area contributed by atoms with Crippen LogP contribution in [0.5, 0.6) is 0 Å². The number of hydrogen-bond donors (Lipinski definition) is 0. The molecule has 31 heavy (non-hydrogen) atoms. The van der Waals surface area contributed by atoms with Gasteiger partial charge in [-0.1, -0.05) is 24.6 Å². The molecule has 2 unspecified atom stereocenters. The summed E-state index contributed by atoms with van der Waals surface area (Å²) in [6, 6.07) is 7.61. The molecule has 0 aromatic heterocycles. The van der Waals surface area contributed by atoms with Gasteiger partial charge in [0.15, 0.2) is 0 Å². The third kappa shape index (κ3) is 4.78. The van der Waals surface area contributed by atoms with E-state index in [1.165, 1.54) is 4.31 Å². The molecule has 3 saturated heterocycles. The number of piperidine rings is 2. The summed E-state index contributed by atoms with van der Waals surface area (Å²) < 4.78 is 33.2. The van der Waals surface area contributed by atoms with Gasteiger partial charge in [0, 0.05) is 32.7 Å². The van der Waals surface area contributed by atoms with Crippen molar-refractivity contribution in [3.05, 3.63) is 30.3 Å². The minimum atomic E-state index is -3.75. The SMILES string of the molecule is O=C(C1CCCN(C(=O)C2CCCCN2S(=O)(=O)c2ccccc2)C1)N1CCOCC1. The first-order valence-corrected chi connectivity index (χ1v) is 12.6. The molecule has 2 amide bonds. The molecule has 3 fully saturated rings. The molecule has 3 heterocycles. The number of amides is 2. The number of nitrogens with zero attached hydrogens (tertiary/aromatic N) is 3. The van der Waals surface area contributed by atoms with Crippen LogP contribution in [0.15, 0.2) is 35.2 Å². The second-order valence-electron chi connectivity index (χ2n) is 8.50. The lowest BCUT2D eigenvalue weighted by molar-refractivity contribution is -0.145. The molecule has 1 aromatic carbocycles. The number of rotatable bonds is 4. The highest BCUT2D eigenvalue weighted by Gasteiger charge is 2.41. The zero-order valence-electron chi connectivity index (χ0n) is 17.8. The van der Waals surface area contributed by atoms with E-state index >= 15 is 0 Å². The molecule has 1 aromatic rings. The fraction of sp³-hybridized carbons (Fsp3) is 0.636. The Morgan fingerprint density at radius 3 is 2.32 bits per heavy atom. The molecule has 0 radical (unpaired) electrons. The Labute approximate surface area is 184 Å². The lowest BCUT2D eigenvalue weighted by Gasteiger charge is -2.40. The number of ether oxygens (including phenoxy) is 1. The zero-order chi connectivity index (χ0) is 21.8. The Balaban J connectivity index is 1.48. The summed E-state index contributed by atoms with van der Waals surface area (Å²) in [7, 11) is -3.75. The van der Waals surface area contributed by atoms with E-state index in [2.05, 4.69) is 0 Å². The van der Waals surface area contributed by atoms with Crippen molar-refractivity contribution in [3.63, 3.8) is 0 Å². The van der Waals surface area contributed by atoms with Crippen molar-refractivity contribution < 1.29 is 22.7 Å². The van der Waals surface area contributed by atoms with Crippen LogP contribution in [0, 0.1) is 5.92 Å². The van der Waals surface area contributed by atoms with Crippen molar-refractivity contribution in [2.45, 2.75) is 43.0 Å². The molecule has 9 heteroatoms. The molecule has 0 spiro atoms. The van der Waals surface area contributed by atoms with E-state index in [9.17, 15) is 18.0 Å². The number of benzene rings is 1. The second kappa shape index (κ2) is 9.67. The third-order valence-electron chi connectivity index (χ3n) is 6.49. The van der Waals surface area contributed by atoms with Crippen molar-refractivity contribution in [3.8, 4) is 0 Å². The summed E-state index contributed by atoms with van der Waals surface area (Å²) in [6.07, 6.45) is 3.60. The van der Waals surface area contributed by atoms with Gasteiger partial charge < -0.3 is 14.5 Å². The molecule has 0 saturated carbocycles. The fourth-order valence-corrected chi connectivity index (χ4v) is 6.47. The second-order valence-corrected chi connectivity index (χ2v) is 10.4. The Kier molecular flexibility index (Phi) is 6.93. The first-order chi connectivity index (χ1) is 15.0. The number of likely N-dealkylation sites (tertiary alicyclic amines) is 1. The van der Waals surface area contributed by atoms with Gasteiger partial charge in [-0.3, -0.25) is 9.59 Å². The van der Waals surface area contributed by atoms with Crippen molar-refractivity contribution in [1.82, 2.24) is 14.1 Å².